The van der Waals surface area contributed by atoms with Gasteiger partial charge in [-0.2, -0.15) is 0 Å². The zero-order valence-electron chi connectivity index (χ0n) is 7.73. The van der Waals surface area contributed by atoms with Crippen molar-refractivity contribution in [1.82, 2.24) is 4.98 Å². The van der Waals surface area contributed by atoms with Crippen LogP contribution in [0.2, 0.25) is 0 Å². The van der Waals surface area contributed by atoms with Crippen molar-refractivity contribution in [3.8, 4) is 5.75 Å². The Bertz CT molecular complexity index is 284. The molecule has 2 N–H and O–H groups in total. The summed E-state index contributed by atoms with van der Waals surface area (Å²) in [6.45, 7) is 0.675. The number of nitrogens with two attached hydrogens (primary N) is 1. The van der Waals surface area contributed by atoms with Crippen LogP contribution in [0.4, 0.5) is 0 Å². The van der Waals surface area contributed by atoms with Gasteiger partial charge >= 0.3 is 0 Å². The first-order valence-corrected chi connectivity index (χ1v) is 4.22. The number of hydrogen-bond acceptors (Lipinski definition) is 3. The van der Waals surface area contributed by atoms with Crippen LogP contribution in [-0.4, -0.2) is 18.6 Å². The fourth-order valence-corrected chi connectivity index (χ4v) is 0.954. The van der Waals surface area contributed by atoms with Crippen LogP contribution in [-0.2, 0) is 0 Å². The van der Waals surface area contributed by atoms with Gasteiger partial charge in [-0.3, -0.25) is 4.98 Å². The first kappa shape index (κ1) is 9.74. The van der Waals surface area contributed by atoms with Crippen molar-refractivity contribution in [2.24, 2.45) is 5.73 Å². The van der Waals surface area contributed by atoms with E-state index in [1.807, 2.05) is 18.2 Å². The summed E-state index contributed by atoms with van der Waals surface area (Å²) in [5.74, 6) is 0.773. The molecule has 0 aromatic carbocycles. The molecule has 3 nitrogen and oxygen atoms in total. The number of aromatic nitrogens is 1. The summed E-state index contributed by atoms with van der Waals surface area (Å²) in [7, 11) is 1.63. The van der Waals surface area contributed by atoms with Crippen LogP contribution in [0.5, 0.6) is 5.75 Å². The van der Waals surface area contributed by atoms with Crippen LogP contribution in [0.25, 0.3) is 6.08 Å². The van der Waals surface area contributed by atoms with E-state index in [9.17, 15) is 0 Å². The van der Waals surface area contributed by atoms with E-state index in [1.54, 1.807) is 19.5 Å². The molecular weight excluding hydrogens is 164 g/mol. The molecule has 3 heteroatoms. The Labute approximate surface area is 78.2 Å². The zero-order chi connectivity index (χ0) is 9.52. The molecule has 1 aromatic heterocycles. The van der Waals surface area contributed by atoms with Gasteiger partial charge in [0.15, 0.2) is 0 Å². The Morgan fingerprint density at radius 1 is 1.54 bits per heavy atom. The summed E-state index contributed by atoms with van der Waals surface area (Å²) in [6, 6.07) is 1.93. The molecule has 1 rings (SSSR count). The highest BCUT2D eigenvalue weighted by Crippen LogP contribution is 2.11. The molecule has 1 aromatic rings. The number of hydrogen-bond donors (Lipinski definition) is 1. The van der Waals surface area contributed by atoms with E-state index in [2.05, 4.69) is 4.98 Å². The first-order chi connectivity index (χ1) is 6.36. The van der Waals surface area contributed by atoms with Crippen LogP contribution >= 0.6 is 0 Å². The second-order valence-corrected chi connectivity index (χ2v) is 2.64. The van der Waals surface area contributed by atoms with E-state index in [0.717, 1.165) is 17.7 Å². The van der Waals surface area contributed by atoms with Crippen molar-refractivity contribution < 1.29 is 4.74 Å². The lowest BCUT2D eigenvalue weighted by Gasteiger charge is -1.98. The smallest absolute Gasteiger partial charge is 0.137 e. The molecule has 0 aliphatic rings. The molecule has 0 amide bonds. The Balaban J connectivity index is 2.66. The minimum Gasteiger partial charge on any atom is -0.495 e. The van der Waals surface area contributed by atoms with Gasteiger partial charge in [-0.15, -0.1) is 0 Å². The largest absolute Gasteiger partial charge is 0.495 e. The number of ether oxygens (including phenoxy) is 1. The van der Waals surface area contributed by atoms with Crippen molar-refractivity contribution in [1.29, 1.82) is 0 Å². The van der Waals surface area contributed by atoms with Crippen LogP contribution in [0.15, 0.2) is 24.5 Å². The normalized spacial score (nSPS) is 10.6. The molecule has 0 atom stereocenters. The van der Waals surface area contributed by atoms with E-state index in [-0.39, 0.29) is 0 Å². The third-order valence-corrected chi connectivity index (χ3v) is 1.61. The standard InChI is InChI=1S/C10H14N2O/c1-13-10-6-9(7-12-8-10)4-2-3-5-11/h2,4,6-8H,3,5,11H2,1H3/b4-2+. The molecule has 0 aliphatic carbocycles. The average Bonchev–Trinajstić information content (AvgIpc) is 2.19. The van der Waals surface area contributed by atoms with Crippen molar-refractivity contribution in [2.75, 3.05) is 13.7 Å². The number of pyridine rings is 1. The van der Waals surface area contributed by atoms with Gasteiger partial charge in [-0.1, -0.05) is 12.2 Å². The van der Waals surface area contributed by atoms with E-state index in [4.69, 9.17) is 10.5 Å². The summed E-state index contributed by atoms with van der Waals surface area (Å²) in [5, 5.41) is 0. The van der Waals surface area contributed by atoms with E-state index in [1.165, 1.54) is 0 Å². The summed E-state index contributed by atoms with van der Waals surface area (Å²) in [6.07, 6.45) is 8.37. The van der Waals surface area contributed by atoms with Crippen LogP contribution in [0.1, 0.15) is 12.0 Å². The maximum absolute atomic E-state index is 5.36. The Hall–Kier alpha value is -1.35. The molecule has 0 saturated heterocycles. The number of methoxy groups -OCH3 is 1. The Kier molecular flexibility index (Phi) is 3.99. The van der Waals surface area contributed by atoms with E-state index < -0.39 is 0 Å². The van der Waals surface area contributed by atoms with Crippen LogP contribution in [0.3, 0.4) is 0 Å². The number of rotatable bonds is 4. The fraction of sp³-hybridized carbons (Fsp3) is 0.300. The van der Waals surface area contributed by atoms with Gasteiger partial charge in [-0.25, -0.2) is 0 Å². The third-order valence-electron chi connectivity index (χ3n) is 1.61. The summed E-state index contributed by atoms with van der Waals surface area (Å²) in [5.41, 5.74) is 6.39. The minimum absolute atomic E-state index is 0.675. The highest BCUT2D eigenvalue weighted by atomic mass is 16.5. The second kappa shape index (κ2) is 5.32. The highest BCUT2D eigenvalue weighted by molar-refractivity contribution is 5.49. The van der Waals surface area contributed by atoms with Crippen molar-refractivity contribution in [2.45, 2.75) is 6.42 Å². The SMILES string of the molecule is COc1cncc(/C=C/CCN)c1. The minimum atomic E-state index is 0.675. The Morgan fingerprint density at radius 3 is 3.08 bits per heavy atom. The van der Waals surface area contributed by atoms with Gasteiger partial charge in [0.25, 0.3) is 0 Å². The van der Waals surface area contributed by atoms with Crippen molar-refractivity contribution in [3.63, 3.8) is 0 Å². The molecule has 0 aliphatic heterocycles. The lowest BCUT2D eigenvalue weighted by Crippen LogP contribution is -1.95. The molecule has 0 spiro atoms. The lowest BCUT2D eigenvalue weighted by atomic mass is 10.2. The summed E-state index contributed by atoms with van der Waals surface area (Å²) >= 11 is 0. The van der Waals surface area contributed by atoms with Crippen molar-refractivity contribution >= 4 is 6.08 Å². The molecular formula is C10H14N2O. The average molecular weight is 178 g/mol. The molecule has 0 bridgehead atoms. The molecule has 0 unspecified atom stereocenters. The molecule has 0 saturated carbocycles. The van der Waals surface area contributed by atoms with Gasteiger partial charge in [0.1, 0.15) is 5.75 Å². The van der Waals surface area contributed by atoms with Crippen LogP contribution < -0.4 is 10.5 Å². The zero-order valence-corrected chi connectivity index (χ0v) is 7.73. The molecule has 13 heavy (non-hydrogen) atoms. The van der Waals surface area contributed by atoms with E-state index in [0.29, 0.717) is 6.54 Å². The maximum Gasteiger partial charge on any atom is 0.137 e. The van der Waals surface area contributed by atoms with Gasteiger partial charge in [0.2, 0.25) is 0 Å². The predicted molar refractivity (Wildman–Crippen MR) is 53.5 cm³/mol. The molecule has 70 valence electrons. The summed E-state index contributed by atoms with van der Waals surface area (Å²) in [4.78, 5) is 4.03. The van der Waals surface area contributed by atoms with Gasteiger partial charge in [0, 0.05) is 6.20 Å². The predicted octanol–water partition coefficient (Wildman–Crippen LogP) is 1.45. The second-order valence-electron chi connectivity index (χ2n) is 2.64. The fourth-order valence-electron chi connectivity index (χ4n) is 0.954. The van der Waals surface area contributed by atoms with Gasteiger partial charge < -0.3 is 10.5 Å². The monoisotopic (exact) mass is 178 g/mol. The quantitative estimate of drug-likeness (QED) is 0.759. The van der Waals surface area contributed by atoms with Gasteiger partial charge in [-0.05, 0) is 24.6 Å². The highest BCUT2D eigenvalue weighted by Gasteiger charge is 1.91. The first-order valence-electron chi connectivity index (χ1n) is 4.22. The summed E-state index contributed by atoms with van der Waals surface area (Å²) < 4.78 is 5.04. The lowest BCUT2D eigenvalue weighted by molar-refractivity contribution is 0.413. The molecule has 1 heterocycles. The number of nitrogens with zero attached hydrogens (tertiary/aromatic N) is 1. The molecule has 0 radical (unpaired) electrons. The maximum atomic E-state index is 5.36. The van der Waals surface area contributed by atoms with Crippen LogP contribution in [0, 0.1) is 0 Å². The third kappa shape index (κ3) is 3.25. The Morgan fingerprint density at radius 2 is 2.38 bits per heavy atom. The molecule has 0 fully saturated rings. The topological polar surface area (TPSA) is 48.1 Å². The van der Waals surface area contributed by atoms with Gasteiger partial charge in [0.05, 0.1) is 13.3 Å². The van der Waals surface area contributed by atoms with Crippen molar-refractivity contribution in [3.05, 3.63) is 30.1 Å². The van der Waals surface area contributed by atoms with E-state index >= 15 is 0 Å².